The maximum atomic E-state index is 14.0. The molecule has 0 saturated heterocycles. The van der Waals surface area contributed by atoms with E-state index in [2.05, 4.69) is 4.72 Å². The number of benzene rings is 1. The molecule has 12 heteroatoms. The molecule has 2 amide bonds. The van der Waals surface area contributed by atoms with Crippen molar-refractivity contribution in [1.29, 1.82) is 0 Å². The Kier molecular flexibility index (Phi) is 13.8. The summed E-state index contributed by atoms with van der Waals surface area (Å²) in [6.07, 6.45) is 4.15. The Hall–Kier alpha value is -2.41. The average Bonchev–Trinajstić information content (AvgIpc) is 2.89. The van der Waals surface area contributed by atoms with Gasteiger partial charge in [-0.15, -0.1) is 0 Å². The van der Waals surface area contributed by atoms with Crippen LogP contribution in [0, 0.1) is 5.92 Å². The molecule has 11 nitrogen and oxygen atoms in total. The van der Waals surface area contributed by atoms with Gasteiger partial charge in [0.1, 0.15) is 5.75 Å². The molecule has 0 spiro atoms. The lowest BCUT2D eigenvalue weighted by Crippen LogP contribution is -2.48. The molecule has 2 N–H and O–H groups in total. The fourth-order valence-electron chi connectivity index (χ4n) is 4.77. The number of sulfonamides is 1. The molecule has 41 heavy (non-hydrogen) atoms. The Morgan fingerprint density at radius 2 is 1.93 bits per heavy atom. The summed E-state index contributed by atoms with van der Waals surface area (Å²) in [5, 5.41) is 10.1. The normalized spacial score (nSPS) is 21.9. The zero-order valence-corrected chi connectivity index (χ0v) is 26.6. The zero-order valence-electron chi connectivity index (χ0n) is 25.8. The van der Waals surface area contributed by atoms with Crippen molar-refractivity contribution in [3.8, 4) is 5.75 Å². The van der Waals surface area contributed by atoms with Crippen LogP contribution in [0.2, 0.25) is 0 Å². The van der Waals surface area contributed by atoms with E-state index in [9.17, 15) is 23.1 Å². The molecule has 2 rings (SSSR count). The Balaban J connectivity index is 2.39. The third kappa shape index (κ3) is 11.8. The number of rotatable bonds is 10. The van der Waals surface area contributed by atoms with E-state index < -0.39 is 16.1 Å². The van der Waals surface area contributed by atoms with Crippen LogP contribution >= 0.6 is 0 Å². The van der Waals surface area contributed by atoms with Crippen molar-refractivity contribution < 1.29 is 32.6 Å². The predicted molar refractivity (Wildman–Crippen MR) is 161 cm³/mol. The van der Waals surface area contributed by atoms with Crippen molar-refractivity contribution in [2.45, 2.75) is 71.1 Å². The number of carbonyl (C=O) groups excluding carboxylic acids is 2. The van der Waals surface area contributed by atoms with Gasteiger partial charge in [0.25, 0.3) is 5.91 Å². The number of hydrogen-bond donors (Lipinski definition) is 2. The number of nitrogens with zero attached hydrogens (tertiary/aromatic N) is 3. The smallest absolute Gasteiger partial charge is 0.258 e. The van der Waals surface area contributed by atoms with E-state index in [0.29, 0.717) is 25.3 Å². The number of fused-ring (bicyclic) bond motifs is 1. The molecule has 1 heterocycles. The SMILES string of the molecule is C[C@@H]1CCCCO[C@H](CN(C)C(=O)CCCN(C)C)[C@@H](C)CN([C@H](C)CO)C(=O)c2cc(NS(C)(=O)=O)ccc2O1. The molecular formula is C29H50N4O7S. The van der Waals surface area contributed by atoms with E-state index in [0.717, 1.165) is 38.5 Å². The molecule has 1 aliphatic rings. The Bertz CT molecular complexity index is 1100. The molecule has 0 radical (unpaired) electrons. The molecule has 1 aromatic rings. The summed E-state index contributed by atoms with van der Waals surface area (Å²) >= 11 is 0. The van der Waals surface area contributed by atoms with Crippen LogP contribution in [0.1, 0.15) is 63.2 Å². The number of carbonyl (C=O) groups is 2. The van der Waals surface area contributed by atoms with Gasteiger partial charge in [0.15, 0.2) is 0 Å². The molecule has 1 aromatic carbocycles. The summed E-state index contributed by atoms with van der Waals surface area (Å²) in [4.78, 5) is 32.2. The second-order valence-electron chi connectivity index (χ2n) is 11.6. The van der Waals surface area contributed by atoms with E-state index in [4.69, 9.17) is 9.47 Å². The summed E-state index contributed by atoms with van der Waals surface area (Å²) < 4.78 is 38.7. The maximum absolute atomic E-state index is 14.0. The van der Waals surface area contributed by atoms with Crippen LogP contribution < -0.4 is 9.46 Å². The summed E-state index contributed by atoms with van der Waals surface area (Å²) in [5.41, 5.74) is 0.456. The second kappa shape index (κ2) is 16.3. The van der Waals surface area contributed by atoms with Gasteiger partial charge in [0.05, 0.1) is 36.7 Å². The first-order chi connectivity index (χ1) is 19.2. The summed E-state index contributed by atoms with van der Waals surface area (Å²) in [7, 11) is 2.17. The van der Waals surface area contributed by atoms with Gasteiger partial charge in [0, 0.05) is 44.8 Å². The number of aliphatic hydroxyl groups excluding tert-OH is 1. The summed E-state index contributed by atoms with van der Waals surface area (Å²) in [6, 6.07) is 4.13. The third-order valence-corrected chi connectivity index (χ3v) is 7.84. The van der Waals surface area contributed by atoms with E-state index in [1.807, 2.05) is 32.8 Å². The standard InChI is InChI=1S/C29H50N4O7S/c1-21-18-33(22(2)20-34)29(36)25-17-24(30-41(7,37)38)13-14-26(25)40-23(3)11-8-9-16-39-27(21)19-32(6)28(35)12-10-15-31(4)5/h13-14,17,21-23,27,30,34H,8-12,15-16,18-20H2,1-7H3/t21-,22+,23+,27+/m0/s1. The number of likely N-dealkylation sites (N-methyl/N-ethyl adjacent to an activating group) is 1. The summed E-state index contributed by atoms with van der Waals surface area (Å²) in [6.45, 7) is 7.39. The van der Waals surface area contributed by atoms with Crippen LogP contribution in [0.5, 0.6) is 5.75 Å². The number of anilines is 1. The van der Waals surface area contributed by atoms with Crippen LogP contribution in [0.25, 0.3) is 0 Å². The monoisotopic (exact) mass is 598 g/mol. The molecule has 0 aliphatic carbocycles. The highest BCUT2D eigenvalue weighted by atomic mass is 32.2. The van der Waals surface area contributed by atoms with Gasteiger partial charge in [0.2, 0.25) is 15.9 Å². The van der Waals surface area contributed by atoms with Crippen molar-refractivity contribution >= 4 is 27.5 Å². The van der Waals surface area contributed by atoms with Gasteiger partial charge in [-0.2, -0.15) is 0 Å². The van der Waals surface area contributed by atoms with Gasteiger partial charge in [-0.1, -0.05) is 6.92 Å². The fourth-order valence-corrected chi connectivity index (χ4v) is 5.33. The van der Waals surface area contributed by atoms with Crippen LogP contribution in [-0.4, -0.2) is 119 Å². The number of hydrogen-bond acceptors (Lipinski definition) is 8. The van der Waals surface area contributed by atoms with Crippen molar-refractivity contribution in [3.05, 3.63) is 23.8 Å². The Morgan fingerprint density at radius 3 is 2.56 bits per heavy atom. The lowest BCUT2D eigenvalue weighted by atomic mass is 10.0. The van der Waals surface area contributed by atoms with E-state index in [1.165, 1.54) is 6.07 Å². The highest BCUT2D eigenvalue weighted by Crippen LogP contribution is 2.28. The maximum Gasteiger partial charge on any atom is 0.258 e. The average molecular weight is 599 g/mol. The van der Waals surface area contributed by atoms with Crippen molar-refractivity contribution in [3.63, 3.8) is 0 Å². The third-order valence-electron chi connectivity index (χ3n) is 7.23. The van der Waals surface area contributed by atoms with Crippen LogP contribution in [0.3, 0.4) is 0 Å². The molecule has 0 fully saturated rings. The van der Waals surface area contributed by atoms with Gasteiger partial charge < -0.3 is 29.3 Å². The lowest BCUT2D eigenvalue weighted by molar-refractivity contribution is -0.132. The minimum Gasteiger partial charge on any atom is -0.490 e. The van der Waals surface area contributed by atoms with E-state index >= 15 is 0 Å². The lowest BCUT2D eigenvalue weighted by Gasteiger charge is -2.36. The highest BCUT2D eigenvalue weighted by molar-refractivity contribution is 7.92. The van der Waals surface area contributed by atoms with Crippen LogP contribution in [0.15, 0.2) is 18.2 Å². The molecule has 0 bridgehead atoms. The van der Waals surface area contributed by atoms with E-state index in [-0.39, 0.29) is 54.3 Å². The minimum atomic E-state index is -3.57. The largest absolute Gasteiger partial charge is 0.490 e. The minimum absolute atomic E-state index is 0.0459. The van der Waals surface area contributed by atoms with Gasteiger partial charge in [-0.25, -0.2) is 8.42 Å². The summed E-state index contributed by atoms with van der Waals surface area (Å²) in [5.74, 6) is -0.156. The predicted octanol–water partition coefficient (Wildman–Crippen LogP) is 2.65. The van der Waals surface area contributed by atoms with Crippen molar-refractivity contribution in [2.24, 2.45) is 5.92 Å². The molecule has 0 saturated carbocycles. The number of amides is 2. The molecule has 234 valence electrons. The topological polar surface area (TPSA) is 129 Å². The molecule has 0 aromatic heterocycles. The fraction of sp³-hybridized carbons (Fsp3) is 0.724. The number of nitrogens with one attached hydrogen (secondary N) is 1. The van der Waals surface area contributed by atoms with Crippen LogP contribution in [0.4, 0.5) is 5.69 Å². The number of aliphatic hydroxyl groups is 1. The Labute approximate surface area is 246 Å². The molecule has 4 atom stereocenters. The van der Waals surface area contributed by atoms with Gasteiger partial charge in [-0.3, -0.25) is 14.3 Å². The second-order valence-corrected chi connectivity index (χ2v) is 13.3. The molecule has 1 aliphatic heterocycles. The first-order valence-corrected chi connectivity index (χ1v) is 16.3. The van der Waals surface area contributed by atoms with Gasteiger partial charge >= 0.3 is 0 Å². The first kappa shape index (κ1) is 34.8. The molecule has 0 unspecified atom stereocenters. The van der Waals surface area contributed by atoms with Crippen molar-refractivity contribution in [1.82, 2.24) is 14.7 Å². The highest BCUT2D eigenvalue weighted by Gasteiger charge is 2.31. The van der Waals surface area contributed by atoms with Crippen molar-refractivity contribution in [2.75, 3.05) is 65.0 Å². The van der Waals surface area contributed by atoms with E-state index in [1.54, 1.807) is 35.9 Å². The first-order valence-electron chi connectivity index (χ1n) is 14.4. The number of ether oxygens (including phenoxy) is 2. The van der Waals surface area contributed by atoms with Crippen LogP contribution in [-0.2, 0) is 19.6 Å². The van der Waals surface area contributed by atoms with Gasteiger partial charge in [-0.05, 0) is 78.4 Å². The molecular weight excluding hydrogens is 548 g/mol. The quantitative estimate of drug-likeness (QED) is 0.421. The Morgan fingerprint density at radius 1 is 1.22 bits per heavy atom. The zero-order chi connectivity index (χ0) is 30.7.